The number of aryl methyl sites for hydroxylation is 1. The quantitative estimate of drug-likeness (QED) is 0.877. The molecule has 1 amide bonds. The van der Waals surface area contributed by atoms with E-state index in [0.717, 1.165) is 22.9 Å². The fourth-order valence-corrected chi connectivity index (χ4v) is 2.80. The van der Waals surface area contributed by atoms with Crippen molar-refractivity contribution in [3.05, 3.63) is 33.8 Å². The standard InChI is InChI=1S/C14H21N5OS/c1-10-11(2)19(9-16-10)6-5-15-14(20)12-8-21-13(17-12)7-18(3)4/h8-9H,5-7H2,1-4H3,(H,15,20). The van der Waals surface area contributed by atoms with Crippen LogP contribution in [0.2, 0.25) is 0 Å². The summed E-state index contributed by atoms with van der Waals surface area (Å²) < 4.78 is 2.04. The van der Waals surface area contributed by atoms with Crippen molar-refractivity contribution in [1.82, 2.24) is 24.8 Å². The van der Waals surface area contributed by atoms with Crippen molar-refractivity contribution < 1.29 is 4.79 Å². The lowest BCUT2D eigenvalue weighted by molar-refractivity contribution is 0.0947. The maximum atomic E-state index is 12.0. The lowest BCUT2D eigenvalue weighted by Crippen LogP contribution is -2.27. The Morgan fingerprint density at radius 2 is 2.19 bits per heavy atom. The molecule has 1 N–H and O–H groups in total. The number of carbonyl (C=O) groups excluding carboxylic acids is 1. The van der Waals surface area contributed by atoms with Gasteiger partial charge in [-0.25, -0.2) is 9.97 Å². The van der Waals surface area contributed by atoms with Crippen LogP contribution in [0, 0.1) is 13.8 Å². The molecule has 0 aliphatic carbocycles. The molecule has 0 radical (unpaired) electrons. The van der Waals surface area contributed by atoms with E-state index >= 15 is 0 Å². The van der Waals surface area contributed by atoms with Crippen LogP contribution in [0.5, 0.6) is 0 Å². The Bertz CT molecular complexity index is 617. The van der Waals surface area contributed by atoms with Crippen LogP contribution in [0.1, 0.15) is 26.9 Å². The third-order valence-electron chi connectivity index (χ3n) is 3.22. The molecule has 114 valence electrons. The van der Waals surface area contributed by atoms with Gasteiger partial charge in [-0.1, -0.05) is 0 Å². The Balaban J connectivity index is 1.84. The van der Waals surface area contributed by atoms with Crippen molar-refractivity contribution in [3.8, 4) is 0 Å². The van der Waals surface area contributed by atoms with E-state index in [9.17, 15) is 4.79 Å². The van der Waals surface area contributed by atoms with Gasteiger partial charge < -0.3 is 14.8 Å². The van der Waals surface area contributed by atoms with Crippen LogP contribution in [0.4, 0.5) is 0 Å². The maximum absolute atomic E-state index is 12.0. The molecule has 0 spiro atoms. The monoisotopic (exact) mass is 307 g/mol. The highest BCUT2D eigenvalue weighted by atomic mass is 32.1. The molecule has 0 saturated carbocycles. The zero-order valence-corrected chi connectivity index (χ0v) is 13.7. The molecule has 21 heavy (non-hydrogen) atoms. The van der Waals surface area contributed by atoms with Crippen LogP contribution >= 0.6 is 11.3 Å². The molecule has 2 aromatic rings. The van der Waals surface area contributed by atoms with Gasteiger partial charge in [-0.3, -0.25) is 4.79 Å². The first-order valence-electron chi connectivity index (χ1n) is 6.83. The minimum atomic E-state index is -0.120. The van der Waals surface area contributed by atoms with Crippen molar-refractivity contribution >= 4 is 17.2 Å². The third kappa shape index (κ3) is 4.12. The summed E-state index contributed by atoms with van der Waals surface area (Å²) in [4.78, 5) is 22.6. The number of carbonyl (C=O) groups is 1. The minimum absolute atomic E-state index is 0.120. The van der Waals surface area contributed by atoms with E-state index < -0.39 is 0 Å². The second-order valence-electron chi connectivity index (χ2n) is 5.23. The van der Waals surface area contributed by atoms with Crippen LogP contribution in [0.25, 0.3) is 0 Å². The molecule has 2 aromatic heterocycles. The second-order valence-corrected chi connectivity index (χ2v) is 6.17. The van der Waals surface area contributed by atoms with E-state index in [1.165, 1.54) is 11.3 Å². The maximum Gasteiger partial charge on any atom is 0.270 e. The van der Waals surface area contributed by atoms with E-state index in [4.69, 9.17) is 0 Å². The summed E-state index contributed by atoms with van der Waals surface area (Å²) in [5.41, 5.74) is 2.65. The molecule has 0 aromatic carbocycles. The average Bonchev–Trinajstić information content (AvgIpc) is 2.99. The highest BCUT2D eigenvalue weighted by molar-refractivity contribution is 7.09. The Labute approximate surface area is 128 Å². The van der Waals surface area contributed by atoms with E-state index in [1.807, 2.05) is 37.4 Å². The van der Waals surface area contributed by atoms with Crippen molar-refractivity contribution in [2.24, 2.45) is 0 Å². The molecule has 0 bridgehead atoms. The third-order valence-corrected chi connectivity index (χ3v) is 4.05. The SMILES string of the molecule is Cc1ncn(CCNC(=O)c2csc(CN(C)C)n2)c1C. The summed E-state index contributed by atoms with van der Waals surface area (Å²) in [6.45, 7) is 6.04. The summed E-state index contributed by atoms with van der Waals surface area (Å²) in [5.74, 6) is -0.120. The number of imidazole rings is 1. The van der Waals surface area contributed by atoms with Gasteiger partial charge in [0.2, 0.25) is 0 Å². The number of nitrogens with zero attached hydrogens (tertiary/aromatic N) is 4. The van der Waals surface area contributed by atoms with Gasteiger partial charge >= 0.3 is 0 Å². The largest absolute Gasteiger partial charge is 0.349 e. The highest BCUT2D eigenvalue weighted by Crippen LogP contribution is 2.11. The topological polar surface area (TPSA) is 63.1 Å². The molecule has 0 aliphatic rings. The van der Waals surface area contributed by atoms with Crippen LogP contribution in [0.15, 0.2) is 11.7 Å². The Morgan fingerprint density at radius 3 is 2.81 bits per heavy atom. The van der Waals surface area contributed by atoms with Gasteiger partial charge in [0.15, 0.2) is 0 Å². The molecule has 0 atom stereocenters. The minimum Gasteiger partial charge on any atom is -0.349 e. The van der Waals surface area contributed by atoms with Gasteiger partial charge in [0.25, 0.3) is 5.91 Å². The lowest BCUT2D eigenvalue weighted by Gasteiger charge is -2.07. The van der Waals surface area contributed by atoms with E-state index in [-0.39, 0.29) is 5.91 Å². The molecule has 0 unspecified atom stereocenters. The smallest absolute Gasteiger partial charge is 0.270 e. The molecule has 2 heterocycles. The van der Waals surface area contributed by atoms with Crippen LogP contribution in [0.3, 0.4) is 0 Å². The fourth-order valence-electron chi connectivity index (χ4n) is 1.91. The molecule has 7 heteroatoms. The van der Waals surface area contributed by atoms with Gasteiger partial charge in [-0.2, -0.15) is 0 Å². The van der Waals surface area contributed by atoms with Gasteiger partial charge in [0, 0.05) is 30.7 Å². The zero-order valence-electron chi connectivity index (χ0n) is 12.9. The van der Waals surface area contributed by atoms with Crippen molar-refractivity contribution in [3.63, 3.8) is 0 Å². The van der Waals surface area contributed by atoms with Gasteiger partial charge in [-0.15, -0.1) is 11.3 Å². The molecule has 2 rings (SSSR count). The van der Waals surface area contributed by atoms with Gasteiger partial charge in [0.1, 0.15) is 10.7 Å². The summed E-state index contributed by atoms with van der Waals surface area (Å²) in [6.07, 6.45) is 1.80. The Hall–Kier alpha value is -1.73. The number of aromatic nitrogens is 3. The number of nitrogens with one attached hydrogen (secondary N) is 1. The number of amides is 1. The first-order chi connectivity index (χ1) is 9.97. The normalized spacial score (nSPS) is 11.1. The van der Waals surface area contributed by atoms with Crippen molar-refractivity contribution in [2.75, 3.05) is 20.6 Å². The van der Waals surface area contributed by atoms with Crippen LogP contribution < -0.4 is 5.32 Å². The van der Waals surface area contributed by atoms with Gasteiger partial charge in [-0.05, 0) is 27.9 Å². The van der Waals surface area contributed by atoms with E-state index in [0.29, 0.717) is 18.8 Å². The lowest BCUT2D eigenvalue weighted by atomic mass is 10.4. The number of hydrogen-bond acceptors (Lipinski definition) is 5. The summed E-state index contributed by atoms with van der Waals surface area (Å²) in [5, 5.41) is 5.65. The number of thiazole rings is 1. The fraction of sp³-hybridized carbons (Fsp3) is 0.500. The van der Waals surface area contributed by atoms with Crippen LogP contribution in [-0.4, -0.2) is 46.0 Å². The van der Waals surface area contributed by atoms with Crippen molar-refractivity contribution in [2.45, 2.75) is 26.9 Å². The van der Waals surface area contributed by atoms with E-state index in [1.54, 1.807) is 11.7 Å². The molecule has 0 aliphatic heterocycles. The highest BCUT2D eigenvalue weighted by Gasteiger charge is 2.11. The molecular formula is C14H21N5OS. The van der Waals surface area contributed by atoms with Gasteiger partial charge in [0.05, 0.1) is 12.0 Å². The summed E-state index contributed by atoms with van der Waals surface area (Å²) >= 11 is 1.51. The predicted molar refractivity (Wildman–Crippen MR) is 83.5 cm³/mol. The molecule has 0 fully saturated rings. The first-order valence-corrected chi connectivity index (χ1v) is 7.71. The molecular weight excluding hydrogens is 286 g/mol. The summed E-state index contributed by atoms with van der Waals surface area (Å²) in [7, 11) is 3.97. The van der Waals surface area contributed by atoms with Crippen molar-refractivity contribution in [1.29, 1.82) is 0 Å². The summed E-state index contributed by atoms with van der Waals surface area (Å²) in [6, 6.07) is 0. The predicted octanol–water partition coefficient (Wildman–Crippen LogP) is 1.45. The zero-order chi connectivity index (χ0) is 15.4. The first kappa shape index (κ1) is 15.7. The van der Waals surface area contributed by atoms with Crippen LogP contribution in [-0.2, 0) is 13.1 Å². The Kier molecular flexibility index (Phi) is 5.08. The second kappa shape index (κ2) is 6.82. The molecule has 6 nitrogen and oxygen atoms in total. The number of hydrogen-bond donors (Lipinski definition) is 1. The average molecular weight is 307 g/mol. The molecule has 0 saturated heterocycles. The van der Waals surface area contributed by atoms with E-state index in [2.05, 4.69) is 15.3 Å². The Morgan fingerprint density at radius 1 is 1.43 bits per heavy atom. The number of rotatable bonds is 6.